The molecule has 0 fully saturated rings. The summed E-state index contributed by atoms with van der Waals surface area (Å²) in [6, 6.07) is 7.53. The van der Waals surface area contributed by atoms with Gasteiger partial charge in [-0.05, 0) is 12.1 Å². The summed E-state index contributed by atoms with van der Waals surface area (Å²) in [5, 5.41) is 0. The van der Waals surface area contributed by atoms with E-state index in [9.17, 15) is 4.79 Å². The summed E-state index contributed by atoms with van der Waals surface area (Å²) in [4.78, 5) is 17.5. The summed E-state index contributed by atoms with van der Waals surface area (Å²) in [7, 11) is 0. The number of rotatable bonds is 2. The third-order valence-electron chi connectivity index (χ3n) is 1.69. The Labute approximate surface area is 80.1 Å². The van der Waals surface area contributed by atoms with Crippen LogP contribution in [0.2, 0.25) is 0 Å². The molecule has 0 atom stereocenters. The summed E-state index contributed by atoms with van der Waals surface area (Å²) >= 11 is 3.90. The average Bonchev–Trinajstić information content (AvgIpc) is 2.59. The number of thiol groups is 1. The van der Waals surface area contributed by atoms with Crippen molar-refractivity contribution in [3.05, 3.63) is 24.3 Å². The largest absolute Gasteiger partial charge is 0.323 e. The minimum absolute atomic E-state index is 0.430. The molecule has 0 aliphatic rings. The molecule has 0 unspecified atom stereocenters. The van der Waals surface area contributed by atoms with Gasteiger partial charge in [0, 0.05) is 0 Å². The van der Waals surface area contributed by atoms with Gasteiger partial charge in [-0.1, -0.05) is 24.9 Å². The fourth-order valence-corrected chi connectivity index (χ4v) is 1.19. The lowest BCUT2D eigenvalue weighted by Crippen LogP contribution is -2.07. The molecule has 0 saturated heterocycles. The minimum Gasteiger partial charge on any atom is -0.323 e. The third kappa shape index (κ3) is 1.38. The summed E-state index contributed by atoms with van der Waals surface area (Å²) < 4.78 is 1.10. The smallest absolute Gasteiger partial charge is 0.226 e. The Kier molecular flexibility index (Phi) is 1.94. The number of imidazole rings is 1. The second-order valence-corrected chi connectivity index (χ2v) is 2.96. The van der Waals surface area contributed by atoms with Gasteiger partial charge < -0.3 is 4.98 Å². The van der Waals surface area contributed by atoms with Gasteiger partial charge in [-0.2, -0.15) is 0 Å². The van der Waals surface area contributed by atoms with Crippen LogP contribution in [-0.2, 0) is 4.79 Å². The van der Waals surface area contributed by atoms with Crippen LogP contribution >= 0.6 is 12.8 Å². The molecular formula is C8H7N3OS. The molecule has 1 N–H and O–H groups in total. The molecule has 0 aliphatic heterocycles. The van der Waals surface area contributed by atoms with E-state index < -0.39 is 0 Å². The number of anilines is 1. The molecule has 2 aromatic rings. The monoisotopic (exact) mass is 193 g/mol. The van der Waals surface area contributed by atoms with Crippen LogP contribution in [0.15, 0.2) is 24.3 Å². The van der Waals surface area contributed by atoms with Gasteiger partial charge in [0.1, 0.15) is 0 Å². The Morgan fingerprint density at radius 3 is 2.92 bits per heavy atom. The SMILES string of the molecule is O=CN(S)c1nc2ccccc2[nH]1. The lowest BCUT2D eigenvalue weighted by Gasteiger charge is -2.01. The maximum atomic E-state index is 10.4. The van der Waals surface area contributed by atoms with Gasteiger partial charge in [0.15, 0.2) is 0 Å². The Bertz CT molecular complexity index is 407. The first-order valence-electron chi connectivity index (χ1n) is 3.69. The molecule has 1 aromatic heterocycles. The standard InChI is InChI=1S/C8H7N3OS/c12-5-11(13)8-9-6-3-1-2-4-7(6)10-8/h1-5,13H,(H,9,10). The number of aromatic amines is 1. The van der Waals surface area contributed by atoms with Crippen molar-refractivity contribution in [2.75, 3.05) is 4.31 Å². The van der Waals surface area contributed by atoms with Crippen LogP contribution in [0, 0.1) is 0 Å². The number of amides is 1. The maximum Gasteiger partial charge on any atom is 0.226 e. The van der Waals surface area contributed by atoms with E-state index in [1.165, 1.54) is 0 Å². The fraction of sp³-hybridized carbons (Fsp3) is 0. The average molecular weight is 193 g/mol. The molecule has 13 heavy (non-hydrogen) atoms. The molecule has 0 aliphatic carbocycles. The predicted molar refractivity (Wildman–Crippen MR) is 53.6 cm³/mol. The van der Waals surface area contributed by atoms with Crippen molar-refractivity contribution < 1.29 is 4.79 Å². The first-order chi connectivity index (χ1) is 6.31. The molecule has 1 aromatic carbocycles. The number of hydrogen-bond donors (Lipinski definition) is 2. The van der Waals surface area contributed by atoms with Crippen LogP contribution in [0.25, 0.3) is 11.0 Å². The third-order valence-corrected chi connectivity index (χ3v) is 1.98. The number of nitrogens with one attached hydrogen (secondary N) is 1. The van der Waals surface area contributed by atoms with Crippen molar-refractivity contribution >= 4 is 36.2 Å². The zero-order chi connectivity index (χ0) is 9.26. The van der Waals surface area contributed by atoms with E-state index in [0.717, 1.165) is 15.3 Å². The van der Waals surface area contributed by atoms with E-state index in [0.29, 0.717) is 12.4 Å². The topological polar surface area (TPSA) is 49.0 Å². The van der Waals surface area contributed by atoms with Crippen LogP contribution in [0.4, 0.5) is 5.95 Å². The number of benzene rings is 1. The van der Waals surface area contributed by atoms with E-state index in [4.69, 9.17) is 0 Å². The zero-order valence-corrected chi connectivity index (χ0v) is 7.53. The van der Waals surface area contributed by atoms with Crippen LogP contribution < -0.4 is 4.31 Å². The summed E-state index contributed by atoms with van der Waals surface area (Å²) in [6.45, 7) is 0. The number of carbonyl (C=O) groups is 1. The highest BCUT2D eigenvalue weighted by Gasteiger charge is 2.05. The summed E-state index contributed by atoms with van der Waals surface area (Å²) in [5.41, 5.74) is 1.71. The van der Waals surface area contributed by atoms with Crippen molar-refractivity contribution in [2.24, 2.45) is 0 Å². The van der Waals surface area contributed by atoms with Gasteiger partial charge >= 0.3 is 0 Å². The van der Waals surface area contributed by atoms with Gasteiger partial charge in [0.05, 0.1) is 11.0 Å². The first kappa shape index (κ1) is 8.12. The maximum absolute atomic E-state index is 10.4. The number of hydrogen-bond acceptors (Lipinski definition) is 3. The normalized spacial score (nSPS) is 10.2. The summed E-state index contributed by atoms with van der Waals surface area (Å²) in [5.74, 6) is 0.430. The van der Waals surface area contributed by atoms with Crippen LogP contribution in [0.3, 0.4) is 0 Å². The second-order valence-electron chi connectivity index (χ2n) is 2.53. The lowest BCUT2D eigenvalue weighted by atomic mass is 10.3. The van der Waals surface area contributed by atoms with Crippen LogP contribution in [0.5, 0.6) is 0 Å². The van der Waals surface area contributed by atoms with Gasteiger partial charge in [-0.3, -0.25) is 4.79 Å². The molecule has 0 radical (unpaired) electrons. The number of H-pyrrole nitrogens is 1. The molecule has 5 heteroatoms. The first-order valence-corrected chi connectivity index (χ1v) is 4.09. The summed E-state index contributed by atoms with van der Waals surface area (Å²) in [6.07, 6.45) is 0.584. The van der Waals surface area contributed by atoms with Gasteiger partial charge in [-0.15, -0.1) is 0 Å². The highest BCUT2D eigenvalue weighted by molar-refractivity contribution is 7.82. The Morgan fingerprint density at radius 1 is 1.46 bits per heavy atom. The highest BCUT2D eigenvalue weighted by atomic mass is 32.1. The fourth-order valence-electron chi connectivity index (χ4n) is 1.10. The van der Waals surface area contributed by atoms with E-state index in [1.807, 2.05) is 24.3 Å². The Hall–Kier alpha value is -1.49. The number of fused-ring (bicyclic) bond motifs is 1. The molecule has 2 rings (SSSR count). The molecule has 4 nitrogen and oxygen atoms in total. The Balaban J connectivity index is 2.55. The molecule has 66 valence electrons. The molecular weight excluding hydrogens is 186 g/mol. The van der Waals surface area contributed by atoms with E-state index >= 15 is 0 Å². The van der Waals surface area contributed by atoms with Crippen molar-refractivity contribution in [2.45, 2.75) is 0 Å². The molecule has 1 heterocycles. The Morgan fingerprint density at radius 2 is 2.23 bits per heavy atom. The number of para-hydroxylation sites is 2. The minimum atomic E-state index is 0.430. The van der Waals surface area contributed by atoms with E-state index in [1.54, 1.807) is 0 Å². The number of nitrogens with zero attached hydrogens (tertiary/aromatic N) is 2. The molecule has 0 bridgehead atoms. The quantitative estimate of drug-likeness (QED) is 0.559. The highest BCUT2D eigenvalue weighted by Crippen LogP contribution is 2.16. The van der Waals surface area contributed by atoms with Gasteiger partial charge in [0.2, 0.25) is 12.4 Å². The van der Waals surface area contributed by atoms with Crippen molar-refractivity contribution in [3.8, 4) is 0 Å². The molecule has 0 spiro atoms. The number of aromatic nitrogens is 2. The zero-order valence-electron chi connectivity index (χ0n) is 6.64. The molecule has 1 amide bonds. The van der Waals surface area contributed by atoms with E-state index in [2.05, 4.69) is 22.8 Å². The number of carbonyl (C=O) groups excluding carboxylic acids is 1. The van der Waals surface area contributed by atoms with Crippen molar-refractivity contribution in [3.63, 3.8) is 0 Å². The predicted octanol–water partition coefficient (Wildman–Crippen LogP) is 1.37. The van der Waals surface area contributed by atoms with Gasteiger partial charge in [-0.25, -0.2) is 9.29 Å². The second kappa shape index (κ2) is 3.10. The van der Waals surface area contributed by atoms with E-state index in [-0.39, 0.29) is 0 Å². The van der Waals surface area contributed by atoms with Crippen LogP contribution in [0.1, 0.15) is 0 Å². The van der Waals surface area contributed by atoms with Gasteiger partial charge in [0.25, 0.3) is 0 Å². The van der Waals surface area contributed by atoms with Crippen molar-refractivity contribution in [1.29, 1.82) is 0 Å². The van der Waals surface area contributed by atoms with Crippen molar-refractivity contribution in [1.82, 2.24) is 9.97 Å². The van der Waals surface area contributed by atoms with Crippen LogP contribution in [-0.4, -0.2) is 16.4 Å². The lowest BCUT2D eigenvalue weighted by molar-refractivity contribution is -0.106. The molecule has 0 saturated carbocycles.